The molecule has 1 saturated heterocycles. The second kappa shape index (κ2) is 9.39. The molecule has 7 nitrogen and oxygen atoms in total. The number of amides is 1. The SMILES string of the molecule is COc1ccc([C@H](CNS(=O)(=O)c2ccc(NC(C)=O)cc2)[NH+]2CCCC2)cc1. The van der Waals surface area contributed by atoms with Crippen molar-refractivity contribution in [1.29, 1.82) is 0 Å². The fourth-order valence-corrected chi connectivity index (χ4v) is 4.76. The molecule has 0 bridgehead atoms. The van der Waals surface area contributed by atoms with E-state index in [-0.39, 0.29) is 16.8 Å². The van der Waals surface area contributed by atoms with Crippen molar-refractivity contribution < 1.29 is 22.8 Å². The third-order valence-corrected chi connectivity index (χ3v) is 6.66. The fraction of sp³-hybridized carbons (Fsp3) is 0.381. The Kier molecular flexibility index (Phi) is 6.89. The van der Waals surface area contributed by atoms with Crippen LogP contribution in [0.3, 0.4) is 0 Å². The number of quaternary nitrogens is 1. The monoisotopic (exact) mass is 418 g/mol. The van der Waals surface area contributed by atoms with Gasteiger partial charge in [-0.2, -0.15) is 0 Å². The number of likely N-dealkylation sites (tertiary alicyclic amines) is 1. The van der Waals surface area contributed by atoms with Crippen LogP contribution >= 0.6 is 0 Å². The smallest absolute Gasteiger partial charge is 0.240 e. The van der Waals surface area contributed by atoms with Gasteiger partial charge in [-0.25, -0.2) is 13.1 Å². The predicted molar refractivity (Wildman–Crippen MR) is 112 cm³/mol. The highest BCUT2D eigenvalue weighted by atomic mass is 32.2. The lowest BCUT2D eigenvalue weighted by Crippen LogP contribution is -3.11. The van der Waals surface area contributed by atoms with E-state index in [2.05, 4.69) is 10.0 Å². The van der Waals surface area contributed by atoms with Gasteiger partial charge >= 0.3 is 0 Å². The molecule has 0 unspecified atom stereocenters. The van der Waals surface area contributed by atoms with Crippen LogP contribution < -0.4 is 19.7 Å². The van der Waals surface area contributed by atoms with E-state index in [0.717, 1.165) is 37.2 Å². The van der Waals surface area contributed by atoms with Gasteiger partial charge in [0.25, 0.3) is 0 Å². The van der Waals surface area contributed by atoms with Crippen LogP contribution in [0.25, 0.3) is 0 Å². The van der Waals surface area contributed by atoms with E-state index in [1.807, 2.05) is 24.3 Å². The summed E-state index contributed by atoms with van der Waals surface area (Å²) in [7, 11) is -2.02. The average molecular weight is 419 g/mol. The Morgan fingerprint density at radius 2 is 1.69 bits per heavy atom. The van der Waals surface area contributed by atoms with Gasteiger partial charge in [-0.3, -0.25) is 4.79 Å². The van der Waals surface area contributed by atoms with Crippen molar-refractivity contribution in [2.45, 2.75) is 30.7 Å². The molecule has 0 saturated carbocycles. The molecule has 2 aromatic rings. The van der Waals surface area contributed by atoms with Crippen molar-refractivity contribution in [3.05, 3.63) is 54.1 Å². The van der Waals surface area contributed by atoms with E-state index in [9.17, 15) is 13.2 Å². The van der Waals surface area contributed by atoms with E-state index in [4.69, 9.17) is 4.74 Å². The van der Waals surface area contributed by atoms with Crippen LogP contribution in [0.4, 0.5) is 5.69 Å². The zero-order valence-corrected chi connectivity index (χ0v) is 17.6. The number of ether oxygens (including phenoxy) is 1. The van der Waals surface area contributed by atoms with Crippen molar-refractivity contribution in [1.82, 2.24) is 4.72 Å². The molecule has 1 heterocycles. The molecule has 156 valence electrons. The van der Waals surface area contributed by atoms with Crippen molar-refractivity contribution in [2.75, 3.05) is 32.1 Å². The summed E-state index contributed by atoms with van der Waals surface area (Å²) in [6.45, 7) is 3.79. The summed E-state index contributed by atoms with van der Waals surface area (Å²) in [5, 5.41) is 2.63. The minimum absolute atomic E-state index is 0.0387. The maximum absolute atomic E-state index is 12.8. The minimum atomic E-state index is -3.65. The van der Waals surface area contributed by atoms with Crippen molar-refractivity contribution in [2.24, 2.45) is 0 Å². The molecule has 1 aliphatic heterocycles. The standard InChI is InChI=1S/C21H27N3O4S/c1-16(25)23-18-7-11-20(12-8-18)29(26,27)22-15-21(24-13-3-4-14-24)17-5-9-19(28-2)10-6-17/h5-12,21-22H,3-4,13-15H2,1-2H3,(H,23,25)/p+1/t21-/m0/s1. The maximum atomic E-state index is 12.8. The Morgan fingerprint density at radius 1 is 1.07 bits per heavy atom. The number of hydrogen-bond acceptors (Lipinski definition) is 4. The zero-order valence-electron chi connectivity index (χ0n) is 16.8. The van der Waals surface area contributed by atoms with Gasteiger partial charge in [0.05, 0.1) is 31.6 Å². The summed E-state index contributed by atoms with van der Waals surface area (Å²) in [4.78, 5) is 12.7. The second-order valence-corrected chi connectivity index (χ2v) is 9.02. The summed E-state index contributed by atoms with van der Waals surface area (Å²) in [6.07, 6.45) is 2.30. The first-order valence-corrected chi connectivity index (χ1v) is 11.2. The Labute approximate surface area is 172 Å². The lowest BCUT2D eigenvalue weighted by molar-refractivity contribution is -0.918. The Hall–Kier alpha value is -2.42. The van der Waals surface area contributed by atoms with E-state index >= 15 is 0 Å². The maximum Gasteiger partial charge on any atom is 0.240 e. The van der Waals surface area contributed by atoms with E-state index in [1.54, 1.807) is 19.2 Å². The molecule has 2 aromatic carbocycles. The highest BCUT2D eigenvalue weighted by Gasteiger charge is 2.29. The lowest BCUT2D eigenvalue weighted by atomic mass is 10.1. The van der Waals surface area contributed by atoms with E-state index in [0.29, 0.717) is 12.2 Å². The summed E-state index contributed by atoms with van der Waals surface area (Å²) in [6, 6.07) is 14.0. The first-order valence-electron chi connectivity index (χ1n) is 9.75. The molecule has 1 atom stereocenters. The first-order chi connectivity index (χ1) is 13.9. The molecule has 8 heteroatoms. The molecule has 1 aliphatic rings. The van der Waals surface area contributed by atoms with Crippen LogP contribution in [0.5, 0.6) is 5.75 Å². The van der Waals surface area contributed by atoms with Crippen LogP contribution in [0.1, 0.15) is 31.4 Å². The van der Waals surface area contributed by atoms with Gasteiger partial charge < -0.3 is 15.0 Å². The summed E-state index contributed by atoms with van der Waals surface area (Å²) in [5.41, 5.74) is 1.65. The normalized spacial score (nSPS) is 15.8. The summed E-state index contributed by atoms with van der Waals surface area (Å²) in [5.74, 6) is 0.582. The number of methoxy groups -OCH3 is 1. The van der Waals surface area contributed by atoms with Crippen LogP contribution in [0.15, 0.2) is 53.4 Å². The fourth-order valence-electron chi connectivity index (χ4n) is 3.71. The molecule has 0 spiro atoms. The Bertz CT molecular complexity index is 921. The lowest BCUT2D eigenvalue weighted by Gasteiger charge is -2.25. The van der Waals surface area contributed by atoms with Crippen LogP contribution in [-0.2, 0) is 14.8 Å². The molecule has 3 rings (SSSR count). The highest BCUT2D eigenvalue weighted by Crippen LogP contribution is 2.18. The molecule has 0 aliphatic carbocycles. The third kappa shape index (κ3) is 5.56. The van der Waals surface area contributed by atoms with Gasteiger partial charge in [-0.15, -0.1) is 0 Å². The number of sulfonamides is 1. The summed E-state index contributed by atoms with van der Waals surface area (Å²) < 4.78 is 33.6. The van der Waals surface area contributed by atoms with Crippen LogP contribution in [0.2, 0.25) is 0 Å². The number of hydrogen-bond donors (Lipinski definition) is 3. The van der Waals surface area contributed by atoms with Gasteiger partial charge in [-0.1, -0.05) is 0 Å². The molecule has 0 aromatic heterocycles. The quantitative estimate of drug-likeness (QED) is 0.604. The zero-order chi connectivity index (χ0) is 20.9. The second-order valence-electron chi connectivity index (χ2n) is 7.25. The number of nitrogens with one attached hydrogen (secondary N) is 3. The molecule has 1 amide bonds. The van der Waals surface area contributed by atoms with E-state index < -0.39 is 10.0 Å². The Morgan fingerprint density at radius 3 is 2.24 bits per heavy atom. The number of benzene rings is 2. The van der Waals surface area contributed by atoms with Gasteiger partial charge in [0.2, 0.25) is 15.9 Å². The van der Waals surface area contributed by atoms with Crippen molar-refractivity contribution >= 4 is 21.6 Å². The van der Waals surface area contributed by atoms with Crippen molar-refractivity contribution in [3.63, 3.8) is 0 Å². The number of carbonyl (C=O) groups excluding carboxylic acids is 1. The minimum Gasteiger partial charge on any atom is -0.497 e. The first kappa shape index (κ1) is 21.3. The number of rotatable bonds is 8. The topological polar surface area (TPSA) is 88.9 Å². The van der Waals surface area contributed by atoms with E-state index in [1.165, 1.54) is 24.0 Å². The predicted octanol–water partition coefficient (Wildman–Crippen LogP) is 1.35. The van der Waals surface area contributed by atoms with Gasteiger partial charge in [0.15, 0.2) is 0 Å². The average Bonchev–Trinajstić information content (AvgIpc) is 3.23. The summed E-state index contributed by atoms with van der Waals surface area (Å²) >= 11 is 0. The molecular formula is C21H28N3O4S+. The highest BCUT2D eigenvalue weighted by molar-refractivity contribution is 7.89. The molecule has 1 fully saturated rings. The number of carbonyl (C=O) groups is 1. The largest absolute Gasteiger partial charge is 0.497 e. The van der Waals surface area contributed by atoms with Gasteiger partial charge in [0, 0.05) is 31.0 Å². The molecule has 29 heavy (non-hydrogen) atoms. The molecule has 3 N–H and O–H groups in total. The van der Waals surface area contributed by atoms with Crippen LogP contribution in [0, 0.1) is 0 Å². The van der Waals surface area contributed by atoms with Gasteiger partial charge in [-0.05, 0) is 48.5 Å². The molecular weight excluding hydrogens is 390 g/mol. The Balaban J connectivity index is 1.74. The number of anilines is 1. The van der Waals surface area contributed by atoms with Crippen LogP contribution in [-0.4, -0.2) is 41.1 Å². The van der Waals surface area contributed by atoms with Gasteiger partial charge in [0.1, 0.15) is 11.8 Å². The third-order valence-electron chi connectivity index (χ3n) is 5.22. The van der Waals surface area contributed by atoms with Crippen molar-refractivity contribution in [3.8, 4) is 5.75 Å². The molecule has 0 radical (unpaired) electrons.